The summed E-state index contributed by atoms with van der Waals surface area (Å²) in [6.07, 6.45) is -5.80. The molecule has 1 fully saturated rings. The number of hydrogen-bond acceptors (Lipinski definition) is 7. The summed E-state index contributed by atoms with van der Waals surface area (Å²) in [6, 6.07) is -0.903. The van der Waals surface area contributed by atoms with Gasteiger partial charge in [0.05, 0.1) is 18.8 Å². The van der Waals surface area contributed by atoms with Gasteiger partial charge in [0.25, 0.3) is 5.91 Å². The Labute approximate surface area is 104 Å². The molecule has 0 spiro atoms. The average molecular weight is 265 g/mol. The van der Waals surface area contributed by atoms with Crippen LogP contribution < -0.4 is 5.32 Å². The molecular weight excluding hydrogens is 246 g/mol. The van der Waals surface area contributed by atoms with Crippen molar-refractivity contribution in [1.29, 1.82) is 0 Å². The largest absolute Gasteiger partial charge is 0.393 e. The SMILES string of the molecule is CO[C@H]1O[C@H](C)[C@@H](NC(=O)[C@H](O)CO)[C@H](O)[C@@H]1O. The number of ether oxygens (including phenoxy) is 2. The molecule has 18 heavy (non-hydrogen) atoms. The molecule has 106 valence electrons. The molecule has 1 aliphatic rings. The maximum absolute atomic E-state index is 11.4. The van der Waals surface area contributed by atoms with Gasteiger partial charge in [0, 0.05) is 7.11 Å². The van der Waals surface area contributed by atoms with Crippen LogP contribution in [0.3, 0.4) is 0 Å². The van der Waals surface area contributed by atoms with Crippen LogP contribution in [0.5, 0.6) is 0 Å². The summed E-state index contributed by atoms with van der Waals surface area (Å²) < 4.78 is 10.1. The first-order valence-electron chi connectivity index (χ1n) is 5.56. The quantitative estimate of drug-likeness (QED) is 0.365. The molecule has 1 heterocycles. The van der Waals surface area contributed by atoms with Gasteiger partial charge in [-0.15, -0.1) is 0 Å². The Balaban J connectivity index is 2.68. The third kappa shape index (κ3) is 3.16. The molecule has 0 aromatic heterocycles. The number of rotatable bonds is 4. The predicted molar refractivity (Wildman–Crippen MR) is 58.4 cm³/mol. The fourth-order valence-corrected chi connectivity index (χ4v) is 1.77. The minimum absolute atomic E-state index is 0.622. The van der Waals surface area contributed by atoms with Gasteiger partial charge in [-0.2, -0.15) is 0 Å². The van der Waals surface area contributed by atoms with Gasteiger partial charge in [0.1, 0.15) is 12.2 Å². The number of methoxy groups -OCH3 is 1. The normalized spacial score (nSPS) is 38.2. The summed E-state index contributed by atoms with van der Waals surface area (Å²) in [7, 11) is 1.32. The van der Waals surface area contributed by atoms with Gasteiger partial charge in [-0.25, -0.2) is 0 Å². The molecule has 5 N–H and O–H groups in total. The van der Waals surface area contributed by atoms with Crippen molar-refractivity contribution in [2.75, 3.05) is 13.7 Å². The summed E-state index contributed by atoms with van der Waals surface area (Å²) in [5.41, 5.74) is 0. The third-order valence-corrected chi connectivity index (χ3v) is 2.87. The molecule has 1 aliphatic heterocycles. The lowest BCUT2D eigenvalue weighted by molar-refractivity contribution is -0.263. The molecule has 8 nitrogen and oxygen atoms in total. The molecular formula is C10H19NO7. The van der Waals surface area contributed by atoms with E-state index >= 15 is 0 Å². The minimum Gasteiger partial charge on any atom is -0.393 e. The first-order valence-corrected chi connectivity index (χ1v) is 5.56. The van der Waals surface area contributed by atoms with Gasteiger partial charge in [0.2, 0.25) is 0 Å². The highest BCUT2D eigenvalue weighted by molar-refractivity contribution is 5.81. The Morgan fingerprint density at radius 1 is 1.44 bits per heavy atom. The minimum atomic E-state index is -1.58. The zero-order valence-electron chi connectivity index (χ0n) is 10.2. The third-order valence-electron chi connectivity index (χ3n) is 2.87. The van der Waals surface area contributed by atoms with Crippen molar-refractivity contribution in [3.05, 3.63) is 0 Å². The lowest BCUT2D eigenvalue weighted by Gasteiger charge is -2.41. The van der Waals surface area contributed by atoms with Crippen molar-refractivity contribution in [3.63, 3.8) is 0 Å². The number of hydrogen-bond donors (Lipinski definition) is 5. The Bertz CT molecular complexity index is 287. The van der Waals surface area contributed by atoms with Crippen LogP contribution in [0.25, 0.3) is 0 Å². The van der Waals surface area contributed by atoms with Crippen molar-refractivity contribution in [2.45, 2.75) is 43.7 Å². The average Bonchev–Trinajstić information content (AvgIpc) is 2.37. The summed E-state index contributed by atoms with van der Waals surface area (Å²) in [6.45, 7) is 0.852. The Morgan fingerprint density at radius 2 is 2.06 bits per heavy atom. The van der Waals surface area contributed by atoms with Crippen molar-refractivity contribution in [3.8, 4) is 0 Å². The molecule has 0 aromatic carbocycles. The molecule has 0 unspecified atom stereocenters. The van der Waals surface area contributed by atoms with Crippen LogP contribution in [0.4, 0.5) is 0 Å². The van der Waals surface area contributed by atoms with Crippen molar-refractivity contribution in [1.82, 2.24) is 5.32 Å². The number of carbonyl (C=O) groups is 1. The van der Waals surface area contributed by atoms with E-state index in [1.54, 1.807) is 6.92 Å². The van der Waals surface area contributed by atoms with E-state index in [0.717, 1.165) is 0 Å². The summed E-state index contributed by atoms with van der Waals surface area (Å²) >= 11 is 0. The smallest absolute Gasteiger partial charge is 0.251 e. The fraction of sp³-hybridized carbons (Fsp3) is 0.900. The van der Waals surface area contributed by atoms with Gasteiger partial charge in [-0.05, 0) is 6.92 Å². The molecule has 1 amide bonds. The molecule has 0 radical (unpaired) electrons. The second-order valence-electron chi connectivity index (χ2n) is 4.16. The van der Waals surface area contributed by atoms with E-state index in [-0.39, 0.29) is 0 Å². The van der Waals surface area contributed by atoms with Gasteiger partial charge in [-0.3, -0.25) is 4.79 Å². The second kappa shape index (κ2) is 6.41. The Kier molecular flexibility index (Phi) is 5.45. The second-order valence-corrected chi connectivity index (χ2v) is 4.16. The van der Waals surface area contributed by atoms with Crippen LogP contribution in [0.1, 0.15) is 6.92 Å². The van der Waals surface area contributed by atoms with Gasteiger partial charge in [0.15, 0.2) is 12.4 Å². The topological polar surface area (TPSA) is 128 Å². The van der Waals surface area contributed by atoms with E-state index in [9.17, 15) is 15.0 Å². The zero-order valence-corrected chi connectivity index (χ0v) is 10.2. The van der Waals surface area contributed by atoms with Crippen LogP contribution >= 0.6 is 0 Å². The van der Waals surface area contributed by atoms with E-state index in [1.807, 2.05) is 0 Å². The first kappa shape index (κ1) is 15.3. The molecule has 0 aliphatic carbocycles. The van der Waals surface area contributed by atoms with E-state index in [0.29, 0.717) is 0 Å². The number of carbonyl (C=O) groups excluding carboxylic acids is 1. The van der Waals surface area contributed by atoms with Gasteiger partial charge < -0.3 is 35.2 Å². The highest BCUT2D eigenvalue weighted by Gasteiger charge is 2.43. The first-order chi connectivity index (χ1) is 8.42. The highest BCUT2D eigenvalue weighted by atomic mass is 16.7. The molecule has 1 rings (SSSR count). The molecule has 0 bridgehead atoms. The summed E-state index contributed by atoms with van der Waals surface area (Å²) in [5, 5.41) is 39.6. The molecule has 6 atom stereocenters. The lowest BCUT2D eigenvalue weighted by atomic mass is 9.96. The Morgan fingerprint density at radius 3 is 2.56 bits per heavy atom. The van der Waals surface area contributed by atoms with E-state index in [1.165, 1.54) is 7.11 Å². The summed E-state index contributed by atoms with van der Waals surface area (Å²) in [5.74, 6) is -0.847. The van der Waals surface area contributed by atoms with Crippen molar-refractivity contribution < 1.29 is 34.7 Å². The zero-order chi connectivity index (χ0) is 13.9. The molecule has 0 aromatic rings. The van der Waals surface area contributed by atoms with Crippen LogP contribution in [-0.2, 0) is 14.3 Å². The number of nitrogens with one attached hydrogen (secondary N) is 1. The monoisotopic (exact) mass is 265 g/mol. The lowest BCUT2D eigenvalue weighted by Crippen LogP contribution is -2.64. The van der Waals surface area contributed by atoms with E-state index < -0.39 is 49.3 Å². The number of aliphatic hydroxyl groups excluding tert-OH is 4. The van der Waals surface area contributed by atoms with Crippen LogP contribution in [0.15, 0.2) is 0 Å². The maximum Gasteiger partial charge on any atom is 0.251 e. The van der Waals surface area contributed by atoms with Gasteiger partial charge >= 0.3 is 0 Å². The number of aliphatic hydroxyl groups is 4. The van der Waals surface area contributed by atoms with Crippen LogP contribution in [0.2, 0.25) is 0 Å². The highest BCUT2D eigenvalue weighted by Crippen LogP contribution is 2.21. The Hall–Kier alpha value is -0.770. The van der Waals surface area contributed by atoms with Crippen LogP contribution in [0, 0.1) is 0 Å². The molecule has 1 saturated heterocycles. The molecule has 0 saturated carbocycles. The van der Waals surface area contributed by atoms with E-state index in [4.69, 9.17) is 19.7 Å². The maximum atomic E-state index is 11.4. The molecule has 8 heteroatoms. The van der Waals surface area contributed by atoms with Crippen LogP contribution in [-0.4, -0.2) is 76.8 Å². The van der Waals surface area contributed by atoms with Crippen molar-refractivity contribution in [2.24, 2.45) is 0 Å². The summed E-state index contributed by atoms with van der Waals surface area (Å²) in [4.78, 5) is 11.4. The fourth-order valence-electron chi connectivity index (χ4n) is 1.77. The predicted octanol–water partition coefficient (Wildman–Crippen LogP) is -3.06. The standard InChI is InChI=1S/C10H19NO7/c1-4-6(11-9(16)5(13)3-12)7(14)8(15)10(17-2)18-4/h4-8,10,12-15H,3H2,1-2H3,(H,11,16)/t4-,5-,6-,7+,8+,10+/m1/s1. The number of amides is 1. The van der Waals surface area contributed by atoms with Crippen molar-refractivity contribution >= 4 is 5.91 Å². The van der Waals surface area contributed by atoms with E-state index in [2.05, 4.69) is 5.32 Å². The van der Waals surface area contributed by atoms with Gasteiger partial charge in [-0.1, -0.05) is 0 Å².